The van der Waals surface area contributed by atoms with E-state index in [2.05, 4.69) is 0 Å². The van der Waals surface area contributed by atoms with Gasteiger partial charge in [-0.3, -0.25) is 14.9 Å². The maximum atomic E-state index is 12.3. The maximum absolute atomic E-state index is 12.3. The lowest BCUT2D eigenvalue weighted by molar-refractivity contribution is -0.385. The molecule has 0 spiro atoms. The van der Waals surface area contributed by atoms with Crippen molar-refractivity contribution in [2.24, 2.45) is 0 Å². The Balaban J connectivity index is 2.25. The summed E-state index contributed by atoms with van der Waals surface area (Å²) >= 11 is 0. The number of nitrogens with zero attached hydrogens (tertiary/aromatic N) is 2. The second-order valence-corrected chi connectivity index (χ2v) is 6.09. The Labute approximate surface area is 151 Å². The predicted molar refractivity (Wildman–Crippen MR) is 95.6 cm³/mol. The van der Waals surface area contributed by atoms with E-state index >= 15 is 0 Å². The molecule has 3 rings (SSSR count). The molecule has 1 aliphatic heterocycles. The van der Waals surface area contributed by atoms with Crippen molar-refractivity contribution in [3.63, 3.8) is 0 Å². The summed E-state index contributed by atoms with van der Waals surface area (Å²) in [5.74, 6) is 0.998. The Morgan fingerprint density at radius 3 is 2.42 bits per heavy atom. The largest absolute Gasteiger partial charge is 0.493 e. The molecule has 1 aliphatic rings. The molecule has 136 valence electrons. The number of rotatable bonds is 4. The average molecular weight is 356 g/mol. The molecule has 2 aromatic rings. The van der Waals surface area contributed by atoms with Gasteiger partial charge < -0.3 is 14.4 Å². The minimum Gasteiger partial charge on any atom is -0.493 e. The number of benzene rings is 2. The Bertz CT molecular complexity index is 865. The number of carbonyl (C=O) groups excluding carboxylic acids is 1. The summed E-state index contributed by atoms with van der Waals surface area (Å²) < 4.78 is 10.8. The molecule has 7 nitrogen and oxygen atoms in total. The lowest BCUT2D eigenvalue weighted by Crippen LogP contribution is -2.39. The van der Waals surface area contributed by atoms with Gasteiger partial charge in [-0.05, 0) is 35.7 Å². The van der Waals surface area contributed by atoms with Gasteiger partial charge in [0.2, 0.25) is 5.91 Å². The molecule has 0 N–H and O–H groups in total. The molecule has 0 unspecified atom stereocenters. The van der Waals surface area contributed by atoms with Crippen LogP contribution in [0.1, 0.15) is 29.7 Å². The number of fused-ring (bicyclic) bond motifs is 1. The van der Waals surface area contributed by atoms with Gasteiger partial charge in [-0.1, -0.05) is 12.1 Å². The highest BCUT2D eigenvalue weighted by Crippen LogP contribution is 2.43. The van der Waals surface area contributed by atoms with E-state index in [4.69, 9.17) is 9.47 Å². The lowest BCUT2D eigenvalue weighted by Gasteiger charge is -2.37. The van der Waals surface area contributed by atoms with Crippen LogP contribution in [0.4, 0.5) is 5.69 Å². The fourth-order valence-corrected chi connectivity index (χ4v) is 3.51. The van der Waals surface area contributed by atoms with Crippen LogP contribution in [-0.4, -0.2) is 36.5 Å². The Morgan fingerprint density at radius 1 is 1.15 bits per heavy atom. The first kappa shape index (κ1) is 17.7. The van der Waals surface area contributed by atoms with Crippen LogP contribution in [-0.2, 0) is 11.2 Å². The zero-order chi connectivity index (χ0) is 18.8. The van der Waals surface area contributed by atoms with Gasteiger partial charge in [0, 0.05) is 19.5 Å². The van der Waals surface area contributed by atoms with Crippen LogP contribution in [0.2, 0.25) is 0 Å². The van der Waals surface area contributed by atoms with Gasteiger partial charge >= 0.3 is 0 Å². The fraction of sp³-hybridized carbons (Fsp3) is 0.316. The fourth-order valence-electron chi connectivity index (χ4n) is 3.51. The Hall–Kier alpha value is -3.09. The predicted octanol–water partition coefficient (Wildman–Crippen LogP) is 3.11. The third-order valence-electron chi connectivity index (χ3n) is 4.71. The minimum atomic E-state index is -0.544. The molecule has 0 aromatic heterocycles. The van der Waals surface area contributed by atoms with Gasteiger partial charge in [-0.2, -0.15) is 0 Å². The first-order valence-corrected chi connectivity index (χ1v) is 8.23. The quantitative estimate of drug-likeness (QED) is 0.621. The smallest absolute Gasteiger partial charge is 0.275 e. The number of carbonyl (C=O) groups is 1. The van der Waals surface area contributed by atoms with E-state index in [0.29, 0.717) is 30.0 Å². The van der Waals surface area contributed by atoms with Crippen LogP contribution in [0, 0.1) is 10.1 Å². The van der Waals surface area contributed by atoms with Crippen LogP contribution in [0.5, 0.6) is 11.5 Å². The number of nitro groups is 1. The summed E-state index contributed by atoms with van der Waals surface area (Å²) in [7, 11) is 3.10. The van der Waals surface area contributed by atoms with Crippen LogP contribution < -0.4 is 9.47 Å². The molecular formula is C19H20N2O5. The molecule has 0 aliphatic carbocycles. The standard InChI is InChI=1S/C19H20N2O5/c1-12(22)20-9-8-13-10-17(25-2)18(26-3)11-15(13)19(20)14-6-4-5-7-16(14)21(23)24/h4-7,10-11,19H,8-9H2,1-3H3/t19-/m1/s1. The highest BCUT2D eigenvalue weighted by atomic mass is 16.6. The van der Waals surface area contributed by atoms with Gasteiger partial charge in [0.15, 0.2) is 11.5 Å². The zero-order valence-electron chi connectivity index (χ0n) is 14.9. The molecule has 26 heavy (non-hydrogen) atoms. The second kappa shape index (κ2) is 7.03. The van der Waals surface area contributed by atoms with Crippen LogP contribution >= 0.6 is 0 Å². The zero-order valence-corrected chi connectivity index (χ0v) is 14.9. The molecule has 2 aromatic carbocycles. The van der Waals surface area contributed by atoms with E-state index in [-0.39, 0.29) is 11.6 Å². The second-order valence-electron chi connectivity index (χ2n) is 6.09. The maximum Gasteiger partial charge on any atom is 0.275 e. The molecule has 1 amide bonds. The van der Waals surface area contributed by atoms with Crippen molar-refractivity contribution < 1.29 is 19.2 Å². The summed E-state index contributed by atoms with van der Waals surface area (Å²) in [5.41, 5.74) is 2.29. The van der Waals surface area contributed by atoms with Crippen molar-refractivity contribution in [1.82, 2.24) is 4.90 Å². The Morgan fingerprint density at radius 2 is 1.81 bits per heavy atom. The van der Waals surface area contributed by atoms with Crippen molar-refractivity contribution in [1.29, 1.82) is 0 Å². The highest BCUT2D eigenvalue weighted by Gasteiger charge is 2.35. The summed E-state index contributed by atoms with van der Waals surface area (Å²) in [5, 5.41) is 11.5. The normalized spacial score (nSPS) is 16.0. The monoisotopic (exact) mass is 356 g/mol. The molecule has 0 radical (unpaired) electrons. The van der Waals surface area contributed by atoms with Gasteiger partial charge in [-0.25, -0.2) is 0 Å². The minimum absolute atomic E-state index is 0.00798. The number of amides is 1. The molecule has 1 atom stereocenters. The highest BCUT2D eigenvalue weighted by molar-refractivity contribution is 5.76. The lowest BCUT2D eigenvalue weighted by atomic mass is 9.87. The van der Waals surface area contributed by atoms with Gasteiger partial charge in [-0.15, -0.1) is 0 Å². The third kappa shape index (κ3) is 2.96. The first-order valence-electron chi connectivity index (χ1n) is 8.23. The number of para-hydroxylation sites is 1. The van der Waals surface area contributed by atoms with E-state index in [1.807, 2.05) is 12.1 Å². The third-order valence-corrected chi connectivity index (χ3v) is 4.71. The number of nitro benzene ring substituents is 1. The SMILES string of the molecule is COc1cc2c(cc1OC)[C@@H](c1ccccc1[N+](=O)[O-])N(C(C)=O)CC2. The van der Waals surface area contributed by atoms with Gasteiger partial charge in [0.25, 0.3) is 5.69 Å². The van der Waals surface area contributed by atoms with Gasteiger partial charge in [0.1, 0.15) is 0 Å². The average Bonchev–Trinajstić information content (AvgIpc) is 2.65. The van der Waals surface area contributed by atoms with E-state index < -0.39 is 11.0 Å². The van der Waals surface area contributed by atoms with E-state index in [1.54, 1.807) is 30.2 Å². The van der Waals surface area contributed by atoms with Crippen molar-refractivity contribution >= 4 is 11.6 Å². The number of hydrogen-bond donors (Lipinski definition) is 0. The van der Waals surface area contributed by atoms with Crippen molar-refractivity contribution in [2.75, 3.05) is 20.8 Å². The number of hydrogen-bond acceptors (Lipinski definition) is 5. The molecule has 0 bridgehead atoms. The molecule has 7 heteroatoms. The van der Waals surface area contributed by atoms with E-state index in [9.17, 15) is 14.9 Å². The summed E-state index contributed by atoms with van der Waals surface area (Å²) in [6.45, 7) is 1.96. The van der Waals surface area contributed by atoms with Crippen molar-refractivity contribution in [3.8, 4) is 11.5 Å². The number of methoxy groups -OCH3 is 2. The summed E-state index contributed by atoms with van der Waals surface area (Å²) in [6, 6.07) is 9.68. The molecule has 0 saturated heterocycles. The van der Waals surface area contributed by atoms with Crippen LogP contribution in [0.25, 0.3) is 0 Å². The van der Waals surface area contributed by atoms with Crippen LogP contribution in [0.15, 0.2) is 36.4 Å². The first-order chi connectivity index (χ1) is 12.5. The molecule has 1 heterocycles. The van der Waals surface area contributed by atoms with Crippen molar-refractivity contribution in [2.45, 2.75) is 19.4 Å². The van der Waals surface area contributed by atoms with Crippen molar-refractivity contribution in [3.05, 3.63) is 63.2 Å². The van der Waals surface area contributed by atoms with Crippen LogP contribution in [0.3, 0.4) is 0 Å². The summed E-state index contributed by atoms with van der Waals surface area (Å²) in [4.78, 5) is 25.0. The topological polar surface area (TPSA) is 81.9 Å². The number of ether oxygens (including phenoxy) is 2. The summed E-state index contributed by atoms with van der Waals surface area (Å²) in [6.07, 6.45) is 0.645. The van der Waals surface area contributed by atoms with Gasteiger partial charge in [0.05, 0.1) is 30.7 Å². The molecular weight excluding hydrogens is 336 g/mol. The van der Waals surface area contributed by atoms with E-state index in [0.717, 1.165) is 11.1 Å². The molecule has 0 saturated carbocycles. The Kier molecular flexibility index (Phi) is 4.79. The van der Waals surface area contributed by atoms with E-state index in [1.165, 1.54) is 20.1 Å². The molecule has 0 fully saturated rings.